The first-order valence-electron chi connectivity index (χ1n) is 13.7. The summed E-state index contributed by atoms with van der Waals surface area (Å²) in [4.78, 5) is 28.4. The van der Waals surface area contributed by atoms with Crippen LogP contribution in [0.2, 0.25) is 5.02 Å². The Kier molecular flexibility index (Phi) is 8.59. The quantitative estimate of drug-likeness (QED) is 0.501. The van der Waals surface area contributed by atoms with Crippen LogP contribution in [0.1, 0.15) is 61.3 Å². The highest BCUT2D eigenvalue weighted by molar-refractivity contribution is 7.89. The van der Waals surface area contributed by atoms with Crippen LogP contribution in [0.5, 0.6) is 0 Å². The molecule has 0 bridgehead atoms. The van der Waals surface area contributed by atoms with Crippen LogP contribution in [0.15, 0.2) is 59.8 Å². The van der Waals surface area contributed by atoms with Crippen LogP contribution in [-0.4, -0.2) is 55.1 Å². The average molecular weight is 571 g/mol. The maximum absolute atomic E-state index is 13.3. The number of carbonyl (C=O) groups is 2. The van der Waals surface area contributed by atoms with Gasteiger partial charge in [-0.15, -0.1) is 0 Å². The molecule has 1 aliphatic carbocycles. The van der Waals surface area contributed by atoms with Crippen molar-refractivity contribution in [3.63, 3.8) is 0 Å². The van der Waals surface area contributed by atoms with Gasteiger partial charge in [0.2, 0.25) is 11.8 Å². The van der Waals surface area contributed by atoms with Crippen LogP contribution in [0.25, 0.3) is 0 Å². The highest BCUT2D eigenvalue weighted by atomic mass is 35.5. The minimum atomic E-state index is -4.06. The zero-order chi connectivity index (χ0) is 27.4. The molecule has 10 heteroatoms. The van der Waals surface area contributed by atoms with E-state index < -0.39 is 22.0 Å². The third-order valence-corrected chi connectivity index (χ3v) is 9.90. The number of hydrogen-bond donors (Lipinski definition) is 2. The number of halogens is 1. The van der Waals surface area contributed by atoms with Gasteiger partial charge in [-0.05, 0) is 92.6 Å². The molecule has 208 valence electrons. The van der Waals surface area contributed by atoms with E-state index in [1.165, 1.54) is 80.1 Å². The number of rotatable bonds is 8. The lowest BCUT2D eigenvalue weighted by Gasteiger charge is -2.32. The van der Waals surface area contributed by atoms with Crippen LogP contribution in [0.3, 0.4) is 0 Å². The van der Waals surface area contributed by atoms with Gasteiger partial charge >= 0.3 is 0 Å². The monoisotopic (exact) mass is 570 g/mol. The van der Waals surface area contributed by atoms with Crippen molar-refractivity contribution in [3.8, 4) is 0 Å². The SMILES string of the molecule is O=C(C[C@@H]1C(=O)NC=CN1S(=O)(=O)c1ccc(Cl)cc1)N[C@@H]1CCCc2cc(CCN3CCCCC3)ccc21. The Labute approximate surface area is 235 Å². The van der Waals surface area contributed by atoms with Crippen LogP contribution >= 0.6 is 11.6 Å². The molecule has 0 spiro atoms. The summed E-state index contributed by atoms with van der Waals surface area (Å²) < 4.78 is 27.5. The van der Waals surface area contributed by atoms with Gasteiger partial charge in [0, 0.05) is 24.0 Å². The molecule has 1 saturated heterocycles. The van der Waals surface area contributed by atoms with E-state index in [0.717, 1.165) is 42.1 Å². The molecule has 1 fully saturated rings. The van der Waals surface area contributed by atoms with Crippen molar-refractivity contribution in [3.05, 3.63) is 76.6 Å². The van der Waals surface area contributed by atoms with Crippen molar-refractivity contribution in [1.82, 2.24) is 19.8 Å². The summed E-state index contributed by atoms with van der Waals surface area (Å²) in [6, 6.07) is 10.9. The minimum absolute atomic E-state index is 0.00560. The molecular weight excluding hydrogens is 536 g/mol. The zero-order valence-electron chi connectivity index (χ0n) is 21.9. The van der Waals surface area contributed by atoms with Gasteiger partial charge in [-0.25, -0.2) is 8.42 Å². The Morgan fingerprint density at radius 2 is 1.82 bits per heavy atom. The molecule has 2 aromatic rings. The lowest BCUT2D eigenvalue weighted by molar-refractivity contribution is -0.129. The topological polar surface area (TPSA) is 98.8 Å². The van der Waals surface area contributed by atoms with Gasteiger partial charge in [-0.2, -0.15) is 0 Å². The molecule has 0 aromatic heterocycles. The predicted octanol–water partition coefficient (Wildman–Crippen LogP) is 3.91. The summed E-state index contributed by atoms with van der Waals surface area (Å²) >= 11 is 5.91. The number of benzene rings is 2. The van der Waals surface area contributed by atoms with Crippen LogP contribution in [0, 0.1) is 0 Å². The van der Waals surface area contributed by atoms with Crippen LogP contribution < -0.4 is 10.6 Å². The molecule has 5 rings (SSSR count). The number of nitrogens with one attached hydrogen (secondary N) is 2. The number of aryl methyl sites for hydroxylation is 1. The second-order valence-corrected chi connectivity index (χ2v) is 12.8. The molecule has 0 unspecified atom stereocenters. The smallest absolute Gasteiger partial charge is 0.264 e. The van der Waals surface area contributed by atoms with Gasteiger partial charge in [-0.3, -0.25) is 13.9 Å². The summed E-state index contributed by atoms with van der Waals surface area (Å²) in [6.07, 6.45) is 9.92. The van der Waals surface area contributed by atoms with Crippen molar-refractivity contribution in [2.75, 3.05) is 19.6 Å². The molecule has 0 radical (unpaired) electrons. The van der Waals surface area contributed by atoms with E-state index in [0.29, 0.717) is 5.02 Å². The number of hydrogen-bond acceptors (Lipinski definition) is 5. The highest BCUT2D eigenvalue weighted by Crippen LogP contribution is 2.31. The molecule has 2 amide bonds. The number of carbonyl (C=O) groups excluding carboxylic acids is 2. The van der Waals surface area contributed by atoms with Crippen molar-refractivity contribution in [2.45, 2.75) is 68.3 Å². The number of fused-ring (bicyclic) bond motifs is 1. The Hall–Kier alpha value is -2.88. The number of amides is 2. The first kappa shape index (κ1) is 27.7. The predicted molar refractivity (Wildman–Crippen MR) is 150 cm³/mol. The third kappa shape index (κ3) is 6.48. The van der Waals surface area contributed by atoms with E-state index in [1.54, 1.807) is 0 Å². The maximum atomic E-state index is 13.3. The van der Waals surface area contributed by atoms with E-state index in [4.69, 9.17) is 11.6 Å². The fourth-order valence-corrected chi connectivity index (χ4v) is 7.32. The Morgan fingerprint density at radius 1 is 1.05 bits per heavy atom. The standard InChI is InChI=1S/C29H35ClN4O4S/c30-23-8-10-24(11-9-23)39(37,38)34-18-14-31-29(36)27(34)20-28(35)32-26-6-4-5-22-19-21(7-12-25(22)26)13-17-33-15-2-1-3-16-33/h7-12,14,18-19,26-27H,1-6,13,15-17,20H2,(H,31,36)(H,32,35)/t26-,27-/m1/s1. The van der Waals surface area contributed by atoms with E-state index in [9.17, 15) is 18.0 Å². The summed E-state index contributed by atoms with van der Waals surface area (Å²) in [7, 11) is -4.06. The van der Waals surface area contributed by atoms with Crippen LogP contribution in [-0.2, 0) is 32.5 Å². The van der Waals surface area contributed by atoms with Crippen molar-refractivity contribution < 1.29 is 18.0 Å². The molecule has 2 aromatic carbocycles. The molecule has 2 heterocycles. The van der Waals surface area contributed by atoms with Gasteiger partial charge in [0.1, 0.15) is 6.04 Å². The molecule has 2 N–H and O–H groups in total. The molecule has 2 atom stereocenters. The third-order valence-electron chi connectivity index (χ3n) is 7.85. The lowest BCUT2D eigenvalue weighted by atomic mass is 9.86. The molecule has 3 aliphatic rings. The Morgan fingerprint density at radius 3 is 2.59 bits per heavy atom. The lowest BCUT2D eigenvalue weighted by Crippen LogP contribution is -2.51. The fraction of sp³-hybridized carbons (Fsp3) is 0.448. The first-order valence-corrected chi connectivity index (χ1v) is 15.5. The number of nitrogens with zero attached hydrogens (tertiary/aromatic N) is 2. The van der Waals surface area contributed by atoms with Gasteiger partial charge in [0.15, 0.2) is 0 Å². The highest BCUT2D eigenvalue weighted by Gasteiger charge is 2.37. The van der Waals surface area contributed by atoms with Gasteiger partial charge in [0.25, 0.3) is 10.0 Å². The second kappa shape index (κ2) is 12.1. The molecule has 2 aliphatic heterocycles. The van der Waals surface area contributed by atoms with Gasteiger partial charge < -0.3 is 15.5 Å². The summed E-state index contributed by atoms with van der Waals surface area (Å²) in [5, 5.41) is 6.01. The van der Waals surface area contributed by atoms with E-state index in [2.05, 4.69) is 33.7 Å². The minimum Gasteiger partial charge on any atom is -0.349 e. The van der Waals surface area contributed by atoms with E-state index in [1.807, 2.05) is 0 Å². The van der Waals surface area contributed by atoms with Crippen LogP contribution in [0.4, 0.5) is 0 Å². The summed E-state index contributed by atoms with van der Waals surface area (Å²) in [5.74, 6) is -0.915. The van der Waals surface area contributed by atoms with Crippen molar-refractivity contribution in [1.29, 1.82) is 0 Å². The molecule has 8 nitrogen and oxygen atoms in total. The number of sulfonamides is 1. The number of piperidine rings is 1. The molecular formula is C29H35ClN4O4S. The first-order chi connectivity index (χ1) is 18.8. The second-order valence-electron chi connectivity index (χ2n) is 10.5. The van der Waals surface area contributed by atoms with Crippen molar-refractivity contribution in [2.24, 2.45) is 0 Å². The van der Waals surface area contributed by atoms with E-state index >= 15 is 0 Å². The largest absolute Gasteiger partial charge is 0.349 e. The Bertz CT molecular complexity index is 1340. The fourth-order valence-electron chi connectivity index (χ4n) is 5.74. The molecule has 39 heavy (non-hydrogen) atoms. The Balaban J connectivity index is 1.25. The summed E-state index contributed by atoms with van der Waals surface area (Å²) in [5.41, 5.74) is 3.68. The maximum Gasteiger partial charge on any atom is 0.264 e. The zero-order valence-corrected chi connectivity index (χ0v) is 23.5. The normalized spacial score (nSPS) is 21.8. The summed E-state index contributed by atoms with van der Waals surface area (Å²) in [6.45, 7) is 3.45. The molecule has 0 saturated carbocycles. The van der Waals surface area contributed by atoms with Gasteiger partial charge in [0.05, 0.1) is 17.4 Å². The average Bonchev–Trinajstić information content (AvgIpc) is 2.94. The van der Waals surface area contributed by atoms with E-state index in [-0.39, 0.29) is 23.3 Å². The van der Waals surface area contributed by atoms with Crippen molar-refractivity contribution >= 4 is 33.4 Å². The van der Waals surface area contributed by atoms with Gasteiger partial charge in [-0.1, -0.05) is 36.2 Å². The number of likely N-dealkylation sites (tertiary alicyclic amines) is 1.